The Labute approximate surface area is 116 Å². The Morgan fingerprint density at radius 3 is 2.79 bits per heavy atom. The van der Waals surface area contributed by atoms with E-state index in [1.54, 1.807) is 31.2 Å². The van der Waals surface area contributed by atoms with E-state index in [1.165, 1.54) is 6.92 Å². The number of pyridine rings is 1. The van der Waals surface area contributed by atoms with Crippen LogP contribution in [0.25, 0.3) is 10.8 Å². The summed E-state index contributed by atoms with van der Waals surface area (Å²) >= 11 is 6.01. The van der Waals surface area contributed by atoms with Crippen molar-refractivity contribution in [1.29, 1.82) is 0 Å². The summed E-state index contributed by atoms with van der Waals surface area (Å²) in [6.45, 7) is 3.17. The molecule has 1 aromatic carbocycles. The quantitative estimate of drug-likeness (QED) is 0.849. The molecule has 4 nitrogen and oxygen atoms in total. The lowest BCUT2D eigenvalue weighted by Gasteiger charge is -2.18. The summed E-state index contributed by atoms with van der Waals surface area (Å²) in [5.74, 6) is -0.189. The van der Waals surface area contributed by atoms with E-state index in [0.29, 0.717) is 21.5 Å². The molecule has 1 N–H and O–H groups in total. The molecule has 0 spiro atoms. The fraction of sp³-hybridized carbons (Fsp3) is 0.231. The van der Waals surface area contributed by atoms with E-state index in [9.17, 15) is 9.59 Å². The first kappa shape index (κ1) is 13.7. The number of benzene rings is 1. The highest BCUT2D eigenvalue weighted by atomic mass is 35.5. The maximum atomic E-state index is 12.2. The Hall–Kier alpha value is -1.75. The van der Waals surface area contributed by atoms with Crippen molar-refractivity contribution < 1.29 is 4.79 Å². The topological polar surface area (TPSA) is 51.1 Å². The SMILES string of the molecule is [B]n1c(C(C)NC(C)=O)cc2cccc(Cl)c2c1=O. The number of nitrogens with one attached hydrogen (secondary N) is 1. The second-order valence-electron chi connectivity index (χ2n) is 4.37. The Kier molecular flexibility index (Phi) is 3.67. The molecule has 2 aromatic rings. The minimum atomic E-state index is -0.379. The molecule has 19 heavy (non-hydrogen) atoms. The Morgan fingerprint density at radius 2 is 2.16 bits per heavy atom. The van der Waals surface area contributed by atoms with Crippen LogP contribution in [0, 0.1) is 0 Å². The highest BCUT2D eigenvalue weighted by Crippen LogP contribution is 2.22. The molecule has 2 rings (SSSR count). The first-order valence-electron chi connectivity index (χ1n) is 5.78. The molecular weight excluding hydrogens is 262 g/mol. The Balaban J connectivity index is 2.68. The van der Waals surface area contributed by atoms with Crippen LogP contribution in [0.5, 0.6) is 0 Å². The van der Waals surface area contributed by atoms with Gasteiger partial charge < -0.3 is 9.79 Å². The van der Waals surface area contributed by atoms with Crippen molar-refractivity contribution in [1.82, 2.24) is 9.79 Å². The number of nitrogens with zero attached hydrogens (tertiary/aromatic N) is 1. The van der Waals surface area contributed by atoms with Crippen LogP contribution in [0.4, 0.5) is 0 Å². The number of aromatic nitrogens is 1. The average Bonchev–Trinajstić information content (AvgIpc) is 2.32. The van der Waals surface area contributed by atoms with E-state index >= 15 is 0 Å². The molecule has 2 radical (unpaired) electrons. The summed E-state index contributed by atoms with van der Waals surface area (Å²) < 4.78 is 1.02. The Bertz CT molecular complexity index is 712. The van der Waals surface area contributed by atoms with Crippen molar-refractivity contribution in [2.45, 2.75) is 19.9 Å². The molecule has 0 aliphatic rings. The van der Waals surface area contributed by atoms with Crippen molar-refractivity contribution >= 4 is 36.3 Å². The summed E-state index contributed by atoms with van der Waals surface area (Å²) in [7, 11) is 5.79. The maximum absolute atomic E-state index is 12.2. The van der Waals surface area contributed by atoms with Crippen molar-refractivity contribution in [2.75, 3.05) is 0 Å². The molecule has 0 saturated heterocycles. The highest BCUT2D eigenvalue weighted by Gasteiger charge is 2.14. The van der Waals surface area contributed by atoms with Gasteiger partial charge in [-0.05, 0) is 24.4 Å². The number of hydrogen-bond acceptors (Lipinski definition) is 2. The van der Waals surface area contributed by atoms with Gasteiger partial charge in [0.1, 0.15) is 0 Å². The van der Waals surface area contributed by atoms with Crippen LogP contribution in [0.3, 0.4) is 0 Å². The second-order valence-corrected chi connectivity index (χ2v) is 4.78. The summed E-state index contributed by atoms with van der Waals surface area (Å²) in [5.41, 5.74) is 0.144. The number of halogens is 1. The van der Waals surface area contributed by atoms with E-state index in [4.69, 9.17) is 19.6 Å². The fourth-order valence-corrected chi connectivity index (χ4v) is 2.33. The fourth-order valence-electron chi connectivity index (χ4n) is 2.07. The third kappa shape index (κ3) is 2.51. The van der Waals surface area contributed by atoms with Crippen LogP contribution in [-0.4, -0.2) is 18.4 Å². The van der Waals surface area contributed by atoms with Gasteiger partial charge in [-0.3, -0.25) is 9.59 Å². The summed E-state index contributed by atoms with van der Waals surface area (Å²) in [5, 5.41) is 4.14. The molecule has 0 bridgehead atoms. The lowest BCUT2D eigenvalue weighted by Crippen LogP contribution is -2.30. The first-order chi connectivity index (χ1) is 8.91. The molecule has 0 aliphatic heterocycles. The van der Waals surface area contributed by atoms with Gasteiger partial charge in [-0.25, -0.2) is 0 Å². The standard InChI is InChI=1S/C13H12BClN2O2/c1-7(16-8(2)18)11-6-9-4-3-5-10(15)12(9)13(19)17(11)14/h3-7H,1-2H3,(H,16,18). The van der Waals surface area contributed by atoms with Crippen LogP contribution in [0.2, 0.25) is 5.02 Å². The molecule has 1 heterocycles. The zero-order valence-electron chi connectivity index (χ0n) is 10.6. The minimum absolute atomic E-state index is 0.189. The molecule has 6 heteroatoms. The number of carbonyl (C=O) groups is 1. The highest BCUT2D eigenvalue weighted by molar-refractivity contribution is 6.35. The van der Waals surface area contributed by atoms with Crippen molar-refractivity contribution in [2.24, 2.45) is 0 Å². The van der Waals surface area contributed by atoms with Gasteiger partial charge in [-0.2, -0.15) is 0 Å². The number of hydrogen-bond donors (Lipinski definition) is 1. The molecule has 0 aliphatic carbocycles. The average molecular weight is 275 g/mol. The van der Waals surface area contributed by atoms with Crippen LogP contribution < -0.4 is 10.9 Å². The number of amides is 1. The predicted octanol–water partition coefficient (Wildman–Crippen LogP) is 1.78. The molecule has 0 saturated carbocycles. The molecular formula is C13H12BClN2O2. The summed E-state index contributed by atoms with van der Waals surface area (Å²) in [6.07, 6.45) is 0. The van der Waals surface area contributed by atoms with Crippen molar-refractivity contribution in [3.8, 4) is 0 Å². The molecule has 1 atom stereocenters. The molecule has 1 aromatic heterocycles. The maximum Gasteiger partial charge on any atom is 0.247 e. The van der Waals surface area contributed by atoms with Crippen molar-refractivity contribution in [3.05, 3.63) is 45.3 Å². The van der Waals surface area contributed by atoms with Gasteiger partial charge in [0.2, 0.25) is 19.4 Å². The van der Waals surface area contributed by atoms with E-state index in [2.05, 4.69) is 5.32 Å². The minimum Gasteiger partial charge on any atom is -0.367 e. The van der Waals surface area contributed by atoms with Gasteiger partial charge in [0.25, 0.3) is 0 Å². The third-order valence-corrected chi connectivity index (χ3v) is 3.24. The zero-order chi connectivity index (χ0) is 14.2. The molecule has 1 amide bonds. The van der Waals surface area contributed by atoms with Gasteiger partial charge in [0.15, 0.2) is 0 Å². The number of carbonyl (C=O) groups excluding carboxylic acids is 1. The third-order valence-electron chi connectivity index (χ3n) is 2.92. The van der Waals surface area contributed by atoms with Crippen LogP contribution >= 0.6 is 11.6 Å². The second kappa shape index (κ2) is 5.09. The van der Waals surface area contributed by atoms with Gasteiger partial charge in [-0.1, -0.05) is 23.7 Å². The summed E-state index contributed by atoms with van der Waals surface area (Å²) in [4.78, 5) is 23.3. The molecule has 96 valence electrons. The predicted molar refractivity (Wildman–Crippen MR) is 76.6 cm³/mol. The molecule has 1 unspecified atom stereocenters. The number of fused-ring (bicyclic) bond motifs is 1. The number of rotatable bonds is 2. The lowest BCUT2D eigenvalue weighted by atomic mass is 10.1. The lowest BCUT2D eigenvalue weighted by molar-refractivity contribution is -0.119. The van der Waals surface area contributed by atoms with Crippen LogP contribution in [0.15, 0.2) is 29.1 Å². The normalized spacial score (nSPS) is 12.4. The van der Waals surface area contributed by atoms with E-state index in [0.717, 1.165) is 4.48 Å². The summed E-state index contributed by atoms with van der Waals surface area (Å²) in [6, 6.07) is 6.58. The van der Waals surface area contributed by atoms with E-state index in [-0.39, 0.29) is 17.5 Å². The van der Waals surface area contributed by atoms with E-state index in [1.807, 2.05) is 0 Å². The van der Waals surface area contributed by atoms with Gasteiger partial charge in [0.05, 0.1) is 16.5 Å². The van der Waals surface area contributed by atoms with Crippen molar-refractivity contribution in [3.63, 3.8) is 0 Å². The van der Waals surface area contributed by atoms with E-state index < -0.39 is 0 Å². The van der Waals surface area contributed by atoms with Gasteiger partial charge in [0, 0.05) is 12.6 Å². The van der Waals surface area contributed by atoms with Crippen LogP contribution in [0.1, 0.15) is 25.6 Å². The largest absolute Gasteiger partial charge is 0.367 e. The Morgan fingerprint density at radius 1 is 1.47 bits per heavy atom. The smallest absolute Gasteiger partial charge is 0.247 e. The monoisotopic (exact) mass is 274 g/mol. The van der Waals surface area contributed by atoms with Gasteiger partial charge in [-0.15, -0.1) is 0 Å². The molecule has 0 fully saturated rings. The zero-order valence-corrected chi connectivity index (χ0v) is 11.4. The van der Waals surface area contributed by atoms with Gasteiger partial charge >= 0.3 is 0 Å². The van der Waals surface area contributed by atoms with Crippen LogP contribution in [-0.2, 0) is 4.79 Å². The first-order valence-corrected chi connectivity index (χ1v) is 6.16.